The Kier molecular flexibility index (Phi) is 8.30. The summed E-state index contributed by atoms with van der Waals surface area (Å²) in [6.07, 6.45) is 4.52. The predicted octanol–water partition coefficient (Wildman–Crippen LogP) is 6.04. The van der Waals surface area contributed by atoms with Crippen LogP contribution in [0.3, 0.4) is 0 Å². The van der Waals surface area contributed by atoms with Crippen LogP contribution in [0.2, 0.25) is 0 Å². The third kappa shape index (κ3) is 6.41. The molecule has 0 N–H and O–H groups in total. The molecule has 4 heteroatoms. The van der Waals surface area contributed by atoms with Gasteiger partial charge in [-0.2, -0.15) is 0 Å². The van der Waals surface area contributed by atoms with Crippen molar-refractivity contribution in [1.82, 2.24) is 9.97 Å². The molecule has 0 aliphatic rings. The zero-order valence-corrected chi connectivity index (χ0v) is 16.6. The number of para-hydroxylation sites is 1. The van der Waals surface area contributed by atoms with Crippen molar-refractivity contribution in [3.63, 3.8) is 0 Å². The minimum Gasteiger partial charge on any atom is -0.492 e. The maximum absolute atomic E-state index is 5.81. The summed E-state index contributed by atoms with van der Waals surface area (Å²) in [5.74, 6) is 2.96. The predicted molar refractivity (Wildman–Crippen MR) is 110 cm³/mol. The second-order valence-electron chi connectivity index (χ2n) is 6.19. The second-order valence-corrected chi connectivity index (χ2v) is 6.19. The van der Waals surface area contributed by atoms with Crippen LogP contribution in [-0.2, 0) is 6.42 Å². The van der Waals surface area contributed by atoms with E-state index in [-0.39, 0.29) is 0 Å². The van der Waals surface area contributed by atoms with Crippen molar-refractivity contribution in [2.24, 2.45) is 0 Å². The quantitative estimate of drug-likeness (QED) is 0.535. The van der Waals surface area contributed by atoms with Gasteiger partial charge in [0, 0.05) is 12.4 Å². The molecule has 0 bridgehead atoms. The molecule has 0 radical (unpaired) electrons. The maximum Gasteiger partial charge on any atom is 0.149 e. The summed E-state index contributed by atoms with van der Waals surface area (Å²) in [6, 6.07) is 17.5. The summed E-state index contributed by atoms with van der Waals surface area (Å²) in [4.78, 5) is 8.54. The number of aromatic nitrogens is 2. The van der Waals surface area contributed by atoms with Crippen LogP contribution >= 0.6 is 0 Å². The number of benzene rings is 1. The molecule has 0 saturated carbocycles. The Morgan fingerprint density at radius 2 is 1.48 bits per heavy atom. The topological polar surface area (TPSA) is 44.2 Å². The second kappa shape index (κ2) is 11.0. The molecular weight excluding hydrogens is 336 g/mol. The van der Waals surface area contributed by atoms with Gasteiger partial charge in [-0.25, -0.2) is 0 Å². The zero-order valence-electron chi connectivity index (χ0n) is 16.6. The number of hydrogen-bond donors (Lipinski definition) is 0. The normalized spacial score (nSPS) is 10.1. The van der Waals surface area contributed by atoms with E-state index in [0.29, 0.717) is 12.5 Å². The van der Waals surface area contributed by atoms with E-state index < -0.39 is 0 Å². The van der Waals surface area contributed by atoms with Crippen molar-refractivity contribution in [2.75, 3.05) is 6.61 Å². The van der Waals surface area contributed by atoms with Crippen LogP contribution in [0.25, 0.3) is 0 Å². The van der Waals surface area contributed by atoms with Gasteiger partial charge in [0.1, 0.15) is 17.2 Å². The van der Waals surface area contributed by atoms with Crippen LogP contribution in [0, 0.1) is 0 Å². The third-order valence-corrected chi connectivity index (χ3v) is 3.80. The molecular formula is C23H28N2O2. The lowest BCUT2D eigenvalue weighted by Crippen LogP contribution is -1.97. The van der Waals surface area contributed by atoms with Crippen molar-refractivity contribution in [3.05, 3.63) is 78.4 Å². The van der Waals surface area contributed by atoms with Crippen molar-refractivity contribution in [2.45, 2.75) is 40.0 Å². The van der Waals surface area contributed by atoms with Gasteiger partial charge < -0.3 is 9.47 Å². The summed E-state index contributed by atoms with van der Waals surface area (Å²) in [5, 5.41) is 0. The van der Waals surface area contributed by atoms with Crippen LogP contribution < -0.4 is 9.47 Å². The number of ether oxygens (including phenoxy) is 2. The van der Waals surface area contributed by atoms with E-state index in [0.717, 1.165) is 35.1 Å². The van der Waals surface area contributed by atoms with Crippen molar-refractivity contribution >= 4 is 0 Å². The number of pyridine rings is 2. The number of aryl methyl sites for hydroxylation is 1. The van der Waals surface area contributed by atoms with E-state index in [1.807, 2.05) is 61.5 Å². The van der Waals surface area contributed by atoms with E-state index >= 15 is 0 Å². The molecule has 0 unspecified atom stereocenters. The van der Waals surface area contributed by atoms with Gasteiger partial charge in [-0.3, -0.25) is 9.97 Å². The van der Waals surface area contributed by atoms with E-state index in [4.69, 9.17) is 9.47 Å². The smallest absolute Gasteiger partial charge is 0.149 e. The monoisotopic (exact) mass is 364 g/mol. The van der Waals surface area contributed by atoms with E-state index in [2.05, 4.69) is 30.7 Å². The molecule has 0 amide bonds. The summed E-state index contributed by atoms with van der Waals surface area (Å²) in [6.45, 7) is 8.98. The van der Waals surface area contributed by atoms with Gasteiger partial charge in [0.2, 0.25) is 0 Å². The van der Waals surface area contributed by atoms with Crippen molar-refractivity contribution in [1.29, 1.82) is 0 Å². The summed E-state index contributed by atoms with van der Waals surface area (Å²) in [5.41, 5.74) is 2.03. The highest BCUT2D eigenvalue weighted by Gasteiger charge is 2.09. The Hall–Kier alpha value is -2.88. The van der Waals surface area contributed by atoms with Crippen LogP contribution in [0.15, 0.2) is 67.0 Å². The molecule has 0 saturated heterocycles. The van der Waals surface area contributed by atoms with Gasteiger partial charge in [0.05, 0.1) is 18.0 Å². The Morgan fingerprint density at radius 3 is 2.11 bits per heavy atom. The van der Waals surface area contributed by atoms with Gasteiger partial charge in [-0.1, -0.05) is 39.0 Å². The Morgan fingerprint density at radius 1 is 0.815 bits per heavy atom. The van der Waals surface area contributed by atoms with Crippen LogP contribution in [0.4, 0.5) is 0 Å². The third-order valence-electron chi connectivity index (χ3n) is 3.80. The first-order valence-electron chi connectivity index (χ1n) is 9.40. The highest BCUT2D eigenvalue weighted by molar-refractivity contribution is 5.35. The van der Waals surface area contributed by atoms with Crippen molar-refractivity contribution < 1.29 is 9.47 Å². The van der Waals surface area contributed by atoms with E-state index in [1.54, 1.807) is 12.4 Å². The SMILES string of the molecule is CC(C)c1ncccc1Oc1ccccc1.CCOc1cccnc1CC. The Bertz CT molecular complexity index is 804. The van der Waals surface area contributed by atoms with Gasteiger partial charge in [0.25, 0.3) is 0 Å². The van der Waals surface area contributed by atoms with Crippen LogP contribution in [-0.4, -0.2) is 16.6 Å². The highest BCUT2D eigenvalue weighted by Crippen LogP contribution is 2.28. The highest BCUT2D eigenvalue weighted by atomic mass is 16.5. The number of nitrogens with zero attached hydrogens (tertiary/aromatic N) is 2. The lowest BCUT2D eigenvalue weighted by molar-refractivity contribution is 0.335. The minimum absolute atomic E-state index is 0.361. The van der Waals surface area contributed by atoms with Gasteiger partial charge >= 0.3 is 0 Å². The Balaban J connectivity index is 0.000000208. The number of rotatable bonds is 6. The lowest BCUT2D eigenvalue weighted by Gasteiger charge is -2.11. The van der Waals surface area contributed by atoms with Crippen LogP contribution in [0.1, 0.15) is 45.0 Å². The van der Waals surface area contributed by atoms with E-state index in [1.165, 1.54) is 0 Å². The largest absolute Gasteiger partial charge is 0.492 e. The average molecular weight is 364 g/mol. The molecule has 2 heterocycles. The standard InChI is InChI=1S/C14H15NO.C9H13NO/c1-11(2)14-13(9-6-10-15-14)16-12-7-4-3-5-8-12;1-3-8-9(11-4-2)6-5-7-10-8/h3-11H,1-2H3;5-7H,3-4H2,1-2H3. The molecule has 1 aromatic carbocycles. The molecule has 0 aliphatic carbocycles. The first-order valence-corrected chi connectivity index (χ1v) is 9.40. The molecule has 4 nitrogen and oxygen atoms in total. The summed E-state index contributed by atoms with van der Waals surface area (Å²) in [7, 11) is 0. The fourth-order valence-electron chi connectivity index (χ4n) is 2.51. The molecule has 142 valence electrons. The van der Waals surface area contributed by atoms with Gasteiger partial charge in [-0.05, 0) is 55.7 Å². The summed E-state index contributed by atoms with van der Waals surface area (Å²) >= 11 is 0. The fourth-order valence-corrected chi connectivity index (χ4v) is 2.51. The maximum atomic E-state index is 5.81. The molecule has 0 fully saturated rings. The first kappa shape index (κ1) is 20.4. The lowest BCUT2D eigenvalue weighted by atomic mass is 10.1. The molecule has 0 aliphatic heterocycles. The van der Waals surface area contributed by atoms with Crippen LogP contribution in [0.5, 0.6) is 17.2 Å². The first-order chi connectivity index (χ1) is 13.2. The van der Waals surface area contributed by atoms with Crippen molar-refractivity contribution in [3.8, 4) is 17.2 Å². The number of hydrogen-bond acceptors (Lipinski definition) is 4. The molecule has 0 atom stereocenters. The average Bonchev–Trinajstić information content (AvgIpc) is 2.70. The zero-order chi connectivity index (χ0) is 19.5. The molecule has 0 spiro atoms. The molecule has 2 aromatic heterocycles. The molecule has 3 rings (SSSR count). The van der Waals surface area contributed by atoms with E-state index in [9.17, 15) is 0 Å². The summed E-state index contributed by atoms with van der Waals surface area (Å²) < 4.78 is 11.2. The minimum atomic E-state index is 0.361. The van der Waals surface area contributed by atoms with Gasteiger partial charge in [-0.15, -0.1) is 0 Å². The molecule has 27 heavy (non-hydrogen) atoms. The fraction of sp³-hybridized carbons (Fsp3) is 0.304. The Labute approximate surface area is 162 Å². The molecule has 3 aromatic rings. The van der Waals surface area contributed by atoms with Gasteiger partial charge in [0.15, 0.2) is 0 Å².